The normalized spacial score (nSPS) is 14.3. The van der Waals surface area contributed by atoms with E-state index in [-0.39, 0.29) is 16.9 Å². The Morgan fingerprint density at radius 3 is 2.72 bits per heavy atom. The Bertz CT molecular complexity index is 833. The topological polar surface area (TPSA) is 89.2 Å². The summed E-state index contributed by atoms with van der Waals surface area (Å²) in [5, 5.41) is 0.173. The number of aryl methyl sites for hydroxylation is 1. The molecule has 6 nitrogen and oxygen atoms in total. The number of thioether (sulfide) groups is 1. The number of rotatable bonds is 4. The van der Waals surface area contributed by atoms with Crippen molar-refractivity contribution in [3.05, 3.63) is 41.1 Å². The number of Topliss-reactive ketones (excluding diaryl/α,β-unsaturated/α-hetero) is 1. The lowest BCUT2D eigenvalue weighted by atomic mass is 10.0. The monoisotopic (exact) mass is 356 g/mol. The van der Waals surface area contributed by atoms with E-state index < -0.39 is 0 Å². The van der Waals surface area contributed by atoms with Gasteiger partial charge in [-0.15, -0.1) is 0 Å². The van der Waals surface area contributed by atoms with Gasteiger partial charge in [-0.25, -0.2) is 9.97 Å². The molecule has 3 rings (SSSR count). The van der Waals surface area contributed by atoms with Gasteiger partial charge in [-0.3, -0.25) is 9.59 Å². The molecule has 0 fully saturated rings. The highest BCUT2D eigenvalue weighted by molar-refractivity contribution is 8.00. The minimum atomic E-state index is -0.329. The molecule has 0 saturated carbocycles. The molecule has 25 heavy (non-hydrogen) atoms. The molecule has 0 spiro atoms. The third kappa shape index (κ3) is 3.66. The Morgan fingerprint density at radius 1 is 1.28 bits per heavy atom. The average molecular weight is 356 g/mol. The van der Waals surface area contributed by atoms with Crippen molar-refractivity contribution in [2.24, 2.45) is 0 Å². The summed E-state index contributed by atoms with van der Waals surface area (Å²) in [4.78, 5) is 34.6. The van der Waals surface area contributed by atoms with Crippen molar-refractivity contribution in [2.45, 2.75) is 37.6 Å². The van der Waals surface area contributed by atoms with Crippen molar-refractivity contribution >= 4 is 35.0 Å². The fourth-order valence-electron chi connectivity index (χ4n) is 2.95. The number of ketones is 1. The molecule has 130 valence electrons. The lowest BCUT2D eigenvalue weighted by Gasteiger charge is -2.15. The van der Waals surface area contributed by atoms with Crippen LogP contribution in [0.1, 0.15) is 35.5 Å². The highest BCUT2D eigenvalue weighted by Gasteiger charge is 2.25. The van der Waals surface area contributed by atoms with Gasteiger partial charge in [0.15, 0.2) is 10.9 Å². The number of nitrogens with two attached hydrogens (primary N) is 1. The number of carbonyl (C=O) groups excluding carboxylic acids is 2. The van der Waals surface area contributed by atoms with E-state index in [9.17, 15) is 9.59 Å². The molecule has 2 N–H and O–H groups in total. The summed E-state index contributed by atoms with van der Waals surface area (Å²) in [6, 6.07) is 7.22. The van der Waals surface area contributed by atoms with Gasteiger partial charge >= 0.3 is 0 Å². The fraction of sp³-hybridized carbons (Fsp3) is 0.333. The largest absolute Gasteiger partial charge is 0.384 e. The number of benzene rings is 1. The van der Waals surface area contributed by atoms with E-state index in [1.54, 1.807) is 24.0 Å². The van der Waals surface area contributed by atoms with Gasteiger partial charge in [-0.05, 0) is 44.0 Å². The zero-order chi connectivity index (χ0) is 18.1. The van der Waals surface area contributed by atoms with Crippen molar-refractivity contribution in [2.75, 3.05) is 17.2 Å². The summed E-state index contributed by atoms with van der Waals surface area (Å²) in [6.45, 7) is 5.91. The third-order valence-electron chi connectivity index (χ3n) is 4.14. The van der Waals surface area contributed by atoms with Crippen molar-refractivity contribution in [3.63, 3.8) is 0 Å². The van der Waals surface area contributed by atoms with E-state index in [4.69, 9.17) is 5.73 Å². The van der Waals surface area contributed by atoms with Gasteiger partial charge in [0, 0.05) is 36.5 Å². The fourth-order valence-corrected chi connectivity index (χ4v) is 3.86. The van der Waals surface area contributed by atoms with Crippen molar-refractivity contribution < 1.29 is 9.59 Å². The predicted molar refractivity (Wildman–Crippen MR) is 99.0 cm³/mol. The van der Waals surface area contributed by atoms with Gasteiger partial charge in [0.1, 0.15) is 5.82 Å². The predicted octanol–water partition coefficient (Wildman–Crippen LogP) is 2.64. The highest BCUT2D eigenvalue weighted by atomic mass is 32.2. The molecule has 1 aliphatic heterocycles. The summed E-state index contributed by atoms with van der Waals surface area (Å²) >= 11 is 1.30. The van der Waals surface area contributed by atoms with Gasteiger partial charge < -0.3 is 10.6 Å². The summed E-state index contributed by atoms with van der Waals surface area (Å²) in [6.07, 6.45) is 0.773. The zero-order valence-corrected chi connectivity index (χ0v) is 15.3. The maximum Gasteiger partial charge on any atom is 0.223 e. The van der Waals surface area contributed by atoms with Gasteiger partial charge in [-0.2, -0.15) is 0 Å². The summed E-state index contributed by atoms with van der Waals surface area (Å²) in [5.74, 6) is 0.435. The lowest BCUT2D eigenvalue weighted by Crippen LogP contribution is -2.25. The van der Waals surface area contributed by atoms with Crippen LogP contribution in [0.5, 0.6) is 0 Å². The van der Waals surface area contributed by atoms with Crippen LogP contribution in [0.2, 0.25) is 0 Å². The first-order valence-electron chi connectivity index (χ1n) is 8.08. The van der Waals surface area contributed by atoms with Crippen LogP contribution < -0.4 is 10.6 Å². The van der Waals surface area contributed by atoms with Gasteiger partial charge in [0.05, 0.1) is 5.25 Å². The van der Waals surface area contributed by atoms with Crippen LogP contribution in [0.25, 0.3) is 0 Å². The van der Waals surface area contributed by atoms with E-state index in [2.05, 4.69) is 9.97 Å². The molecule has 1 aliphatic rings. The minimum absolute atomic E-state index is 0.0118. The number of hydrogen-bond donors (Lipinski definition) is 1. The van der Waals surface area contributed by atoms with Crippen molar-refractivity contribution in [1.82, 2.24) is 9.97 Å². The van der Waals surface area contributed by atoms with Crippen LogP contribution in [-0.4, -0.2) is 33.5 Å². The van der Waals surface area contributed by atoms with Crippen LogP contribution >= 0.6 is 11.8 Å². The van der Waals surface area contributed by atoms with Crippen LogP contribution in [-0.2, 0) is 11.2 Å². The smallest absolute Gasteiger partial charge is 0.223 e. The molecule has 2 aromatic rings. The number of carbonyl (C=O) groups is 2. The van der Waals surface area contributed by atoms with E-state index >= 15 is 0 Å². The number of anilines is 2. The summed E-state index contributed by atoms with van der Waals surface area (Å²) in [5.41, 5.74) is 9.10. The quantitative estimate of drug-likeness (QED) is 0.515. The zero-order valence-electron chi connectivity index (χ0n) is 14.4. The van der Waals surface area contributed by atoms with Gasteiger partial charge in [-0.1, -0.05) is 11.8 Å². The SMILES string of the molecule is CC(=O)N1CCc2cc(C(=O)[C@H](C)Sc3nc(C)cc(N)n3)ccc21. The van der Waals surface area contributed by atoms with Crippen LogP contribution in [0.4, 0.5) is 11.5 Å². The second-order valence-electron chi connectivity index (χ2n) is 6.11. The highest BCUT2D eigenvalue weighted by Crippen LogP contribution is 2.30. The van der Waals surface area contributed by atoms with Crippen LogP contribution in [0, 0.1) is 6.92 Å². The molecule has 1 atom stereocenters. The summed E-state index contributed by atoms with van der Waals surface area (Å²) in [7, 11) is 0. The standard InChI is InChI=1S/C18H20N4O2S/c1-10-8-16(19)21-18(20-10)25-11(2)17(24)14-4-5-15-13(9-14)6-7-22(15)12(3)23/h4-5,8-9,11H,6-7H2,1-3H3,(H2,19,20,21)/t11-/m0/s1. The molecular weight excluding hydrogens is 336 g/mol. The lowest BCUT2D eigenvalue weighted by molar-refractivity contribution is -0.116. The molecular formula is C18H20N4O2S. The molecule has 0 saturated heterocycles. The number of nitrogen functional groups attached to an aromatic ring is 1. The Morgan fingerprint density at radius 2 is 2.04 bits per heavy atom. The number of aromatic nitrogens is 2. The first kappa shape index (κ1) is 17.4. The van der Waals surface area contributed by atoms with Crippen molar-refractivity contribution in [1.29, 1.82) is 0 Å². The molecule has 1 aromatic heterocycles. The van der Waals surface area contributed by atoms with Gasteiger partial charge in [0.2, 0.25) is 5.91 Å². The van der Waals surface area contributed by atoms with Gasteiger partial charge in [0.25, 0.3) is 0 Å². The number of nitrogens with zero attached hydrogens (tertiary/aromatic N) is 3. The summed E-state index contributed by atoms with van der Waals surface area (Å²) < 4.78 is 0. The molecule has 0 radical (unpaired) electrons. The van der Waals surface area contributed by atoms with E-state index in [1.807, 2.05) is 26.0 Å². The van der Waals surface area contributed by atoms with E-state index in [0.717, 1.165) is 23.4 Å². The van der Waals surface area contributed by atoms with Crippen LogP contribution in [0.15, 0.2) is 29.4 Å². The molecule has 1 amide bonds. The number of amides is 1. The van der Waals surface area contributed by atoms with E-state index in [1.165, 1.54) is 11.8 Å². The first-order chi connectivity index (χ1) is 11.8. The molecule has 7 heteroatoms. The third-order valence-corrected chi connectivity index (χ3v) is 5.11. The Balaban J connectivity index is 1.78. The van der Waals surface area contributed by atoms with E-state index in [0.29, 0.717) is 23.1 Å². The molecule has 0 aliphatic carbocycles. The number of fused-ring (bicyclic) bond motifs is 1. The number of hydrogen-bond acceptors (Lipinski definition) is 6. The van der Waals surface area contributed by atoms with Crippen LogP contribution in [0.3, 0.4) is 0 Å². The Hall–Kier alpha value is -2.41. The molecule has 1 aromatic carbocycles. The maximum atomic E-state index is 12.7. The average Bonchev–Trinajstić information content (AvgIpc) is 2.96. The second kappa shape index (κ2) is 6.84. The Labute approximate surface area is 150 Å². The molecule has 0 bridgehead atoms. The first-order valence-corrected chi connectivity index (χ1v) is 8.96. The molecule has 2 heterocycles. The molecule has 0 unspecified atom stereocenters. The Kier molecular flexibility index (Phi) is 4.76. The van der Waals surface area contributed by atoms with Crippen molar-refractivity contribution in [3.8, 4) is 0 Å². The maximum absolute atomic E-state index is 12.7. The second-order valence-corrected chi connectivity index (χ2v) is 7.41. The minimum Gasteiger partial charge on any atom is -0.384 e.